The molecule has 1 aliphatic rings. The minimum Gasteiger partial charge on any atom is -0.459 e. The van der Waals surface area contributed by atoms with Gasteiger partial charge in [-0.2, -0.15) is 4.31 Å². The van der Waals surface area contributed by atoms with E-state index in [2.05, 4.69) is 5.32 Å². The number of nitro groups is 1. The van der Waals surface area contributed by atoms with E-state index >= 15 is 0 Å². The number of nitrogens with one attached hydrogen (secondary N) is 1. The molecule has 0 spiro atoms. The summed E-state index contributed by atoms with van der Waals surface area (Å²) in [5.41, 5.74) is -0.932. The number of hydrogen-bond donors (Lipinski definition) is 1. The third-order valence-electron chi connectivity index (χ3n) is 3.80. The third-order valence-corrected chi connectivity index (χ3v) is 5.71. The maximum atomic E-state index is 13.0. The van der Waals surface area contributed by atoms with Crippen molar-refractivity contribution in [1.29, 1.82) is 0 Å². The molecule has 0 aromatic heterocycles. The number of carbonyl (C=O) groups is 1. The highest BCUT2D eigenvalue weighted by Gasteiger charge is 2.36. The van der Waals surface area contributed by atoms with Crippen molar-refractivity contribution >= 4 is 21.7 Å². The summed E-state index contributed by atoms with van der Waals surface area (Å²) in [6, 6.07) is 4.23. The van der Waals surface area contributed by atoms with E-state index in [0.717, 1.165) is 16.4 Å². The first-order valence-electron chi connectivity index (χ1n) is 8.19. The van der Waals surface area contributed by atoms with Crippen molar-refractivity contribution in [2.24, 2.45) is 0 Å². The van der Waals surface area contributed by atoms with Gasteiger partial charge in [0.1, 0.15) is 12.1 Å². The van der Waals surface area contributed by atoms with E-state index in [1.807, 2.05) is 0 Å². The monoisotopic (exact) mass is 385 g/mol. The Morgan fingerprint density at radius 2 is 1.96 bits per heavy atom. The average molecular weight is 385 g/mol. The lowest BCUT2D eigenvalue weighted by Gasteiger charge is -2.28. The molecule has 0 saturated carbocycles. The van der Waals surface area contributed by atoms with Gasteiger partial charge in [-0.25, -0.2) is 8.42 Å². The summed E-state index contributed by atoms with van der Waals surface area (Å²) in [5, 5.41) is 13.8. The molecule has 1 fully saturated rings. The normalized spacial score (nSPS) is 18.1. The number of hydrogen-bond acceptors (Lipinski definition) is 7. The van der Waals surface area contributed by atoms with Crippen LogP contribution in [0.25, 0.3) is 0 Å². The summed E-state index contributed by atoms with van der Waals surface area (Å²) in [5.74, 6) is -0.644. The van der Waals surface area contributed by atoms with Gasteiger partial charge in [0, 0.05) is 24.7 Å². The molecule has 1 unspecified atom stereocenters. The van der Waals surface area contributed by atoms with Gasteiger partial charge in [0.05, 0.1) is 9.82 Å². The molecule has 26 heavy (non-hydrogen) atoms. The van der Waals surface area contributed by atoms with Crippen LogP contribution in [-0.2, 0) is 19.6 Å². The zero-order chi connectivity index (χ0) is 19.5. The van der Waals surface area contributed by atoms with Crippen LogP contribution in [-0.4, -0.2) is 54.9 Å². The second-order valence-electron chi connectivity index (χ2n) is 7.03. The SMILES string of the molecule is CC(C)(C)OC(=O)CN(C1CCNC1)S(=O)(=O)c1ccc([N+](=O)[O-])cc1. The summed E-state index contributed by atoms with van der Waals surface area (Å²) < 4.78 is 32.4. The van der Waals surface area contributed by atoms with Gasteiger partial charge in [0.2, 0.25) is 10.0 Å². The molecule has 1 heterocycles. The predicted molar refractivity (Wildman–Crippen MR) is 94.1 cm³/mol. The van der Waals surface area contributed by atoms with Crippen molar-refractivity contribution in [2.75, 3.05) is 19.6 Å². The number of benzene rings is 1. The fourth-order valence-corrected chi connectivity index (χ4v) is 4.27. The Balaban J connectivity index is 2.30. The van der Waals surface area contributed by atoms with Crippen molar-refractivity contribution in [1.82, 2.24) is 9.62 Å². The molecule has 1 saturated heterocycles. The highest BCUT2D eigenvalue weighted by Crippen LogP contribution is 2.23. The summed E-state index contributed by atoms with van der Waals surface area (Å²) in [4.78, 5) is 22.3. The summed E-state index contributed by atoms with van der Waals surface area (Å²) in [6.45, 7) is 5.77. The number of ether oxygens (including phenoxy) is 1. The topological polar surface area (TPSA) is 119 Å². The quantitative estimate of drug-likeness (QED) is 0.445. The van der Waals surface area contributed by atoms with E-state index < -0.39 is 33.1 Å². The number of nitro benzene ring substituents is 1. The number of sulfonamides is 1. The molecular weight excluding hydrogens is 362 g/mol. The standard InChI is InChI=1S/C16H23N3O6S/c1-16(2,3)25-15(20)11-18(13-8-9-17-10-13)26(23,24)14-6-4-12(5-7-14)19(21)22/h4-7,13,17H,8-11H2,1-3H3. The molecule has 1 aliphatic heterocycles. The van der Waals surface area contributed by atoms with E-state index in [1.165, 1.54) is 12.1 Å². The molecule has 1 atom stereocenters. The van der Waals surface area contributed by atoms with Crippen LogP contribution >= 0.6 is 0 Å². The molecule has 144 valence electrons. The Labute approximate surface area is 152 Å². The average Bonchev–Trinajstić information content (AvgIpc) is 3.04. The number of esters is 1. The number of non-ortho nitro benzene ring substituents is 1. The minimum absolute atomic E-state index is 0.0986. The summed E-state index contributed by atoms with van der Waals surface area (Å²) in [7, 11) is -4.01. The Kier molecular flexibility index (Phi) is 5.99. The van der Waals surface area contributed by atoms with E-state index in [0.29, 0.717) is 19.5 Å². The maximum absolute atomic E-state index is 13.0. The number of nitrogens with zero attached hydrogens (tertiary/aromatic N) is 2. The fraction of sp³-hybridized carbons (Fsp3) is 0.562. The van der Waals surface area contributed by atoms with Crippen LogP contribution in [0.4, 0.5) is 5.69 Å². The first kappa shape index (κ1) is 20.3. The van der Waals surface area contributed by atoms with Gasteiger partial charge >= 0.3 is 5.97 Å². The molecule has 0 radical (unpaired) electrons. The second-order valence-corrected chi connectivity index (χ2v) is 8.92. The van der Waals surface area contributed by atoms with Crippen molar-refractivity contribution in [3.63, 3.8) is 0 Å². The van der Waals surface area contributed by atoms with E-state index in [9.17, 15) is 23.3 Å². The Morgan fingerprint density at radius 3 is 2.42 bits per heavy atom. The molecular formula is C16H23N3O6S. The largest absolute Gasteiger partial charge is 0.459 e. The van der Waals surface area contributed by atoms with Crippen LogP contribution in [0.2, 0.25) is 0 Å². The zero-order valence-corrected chi connectivity index (χ0v) is 15.8. The molecule has 1 aromatic carbocycles. The highest BCUT2D eigenvalue weighted by atomic mass is 32.2. The smallest absolute Gasteiger partial charge is 0.321 e. The molecule has 1 aromatic rings. The van der Waals surface area contributed by atoms with Crippen LogP contribution in [0.15, 0.2) is 29.2 Å². The lowest BCUT2D eigenvalue weighted by Crippen LogP contribution is -2.45. The maximum Gasteiger partial charge on any atom is 0.321 e. The molecule has 0 amide bonds. The lowest BCUT2D eigenvalue weighted by atomic mass is 10.2. The summed E-state index contributed by atoms with van der Waals surface area (Å²) >= 11 is 0. The second kappa shape index (κ2) is 7.68. The summed E-state index contributed by atoms with van der Waals surface area (Å²) in [6.07, 6.45) is 0.564. The van der Waals surface area contributed by atoms with Gasteiger partial charge in [-0.05, 0) is 45.9 Å². The van der Waals surface area contributed by atoms with Gasteiger partial charge in [0.15, 0.2) is 0 Å². The predicted octanol–water partition coefficient (Wildman–Crippen LogP) is 1.29. The molecule has 1 N–H and O–H groups in total. The Bertz CT molecular complexity index is 764. The van der Waals surface area contributed by atoms with Crippen LogP contribution in [0.5, 0.6) is 0 Å². The third kappa shape index (κ3) is 4.99. The molecule has 2 rings (SSSR count). The van der Waals surface area contributed by atoms with E-state index in [-0.39, 0.29) is 16.6 Å². The van der Waals surface area contributed by atoms with Crippen LogP contribution in [0, 0.1) is 10.1 Å². The molecule has 9 nitrogen and oxygen atoms in total. The van der Waals surface area contributed by atoms with Gasteiger partial charge in [-0.15, -0.1) is 0 Å². The first-order chi connectivity index (χ1) is 12.0. The van der Waals surface area contributed by atoms with Crippen LogP contribution in [0.3, 0.4) is 0 Å². The van der Waals surface area contributed by atoms with E-state index in [1.54, 1.807) is 20.8 Å². The zero-order valence-electron chi connectivity index (χ0n) is 15.0. The first-order valence-corrected chi connectivity index (χ1v) is 9.63. The molecule has 0 bridgehead atoms. The van der Waals surface area contributed by atoms with Gasteiger partial charge in [-0.1, -0.05) is 0 Å². The number of rotatable bonds is 6. The minimum atomic E-state index is -4.01. The van der Waals surface area contributed by atoms with E-state index in [4.69, 9.17) is 4.74 Å². The van der Waals surface area contributed by atoms with Gasteiger partial charge < -0.3 is 10.1 Å². The van der Waals surface area contributed by atoms with Gasteiger partial charge in [-0.3, -0.25) is 14.9 Å². The van der Waals surface area contributed by atoms with Crippen molar-refractivity contribution in [2.45, 2.75) is 43.7 Å². The Hall–Kier alpha value is -2.04. The highest BCUT2D eigenvalue weighted by molar-refractivity contribution is 7.89. The lowest BCUT2D eigenvalue weighted by molar-refractivity contribution is -0.384. The molecule has 0 aliphatic carbocycles. The molecule has 10 heteroatoms. The fourth-order valence-electron chi connectivity index (χ4n) is 2.67. The van der Waals surface area contributed by atoms with Gasteiger partial charge in [0.25, 0.3) is 5.69 Å². The Morgan fingerprint density at radius 1 is 1.35 bits per heavy atom. The van der Waals surface area contributed by atoms with Crippen LogP contribution in [0.1, 0.15) is 27.2 Å². The van der Waals surface area contributed by atoms with Crippen molar-refractivity contribution < 1.29 is 22.9 Å². The van der Waals surface area contributed by atoms with Crippen molar-refractivity contribution in [3.05, 3.63) is 34.4 Å². The van der Waals surface area contributed by atoms with Crippen LogP contribution < -0.4 is 5.32 Å². The number of carbonyl (C=O) groups excluding carboxylic acids is 1. The van der Waals surface area contributed by atoms with Crippen molar-refractivity contribution in [3.8, 4) is 0 Å².